The molecule has 0 aliphatic rings. The smallest absolute Gasteiger partial charge is 0.163 e. The van der Waals surface area contributed by atoms with Crippen molar-refractivity contribution in [2.45, 2.75) is 19.3 Å². The molecule has 4 nitrogen and oxygen atoms in total. The maximum Gasteiger partial charge on any atom is 0.163 e. The van der Waals surface area contributed by atoms with Crippen LogP contribution in [-0.4, -0.2) is 26.6 Å². The monoisotopic (exact) mass is 314 g/mol. The fraction of sp³-hybridized carbons (Fsp3) is 0.316. The van der Waals surface area contributed by atoms with Gasteiger partial charge in [0.2, 0.25) is 0 Å². The molecule has 0 spiro atoms. The van der Waals surface area contributed by atoms with E-state index < -0.39 is 0 Å². The van der Waals surface area contributed by atoms with Crippen LogP contribution in [0.15, 0.2) is 48.5 Å². The van der Waals surface area contributed by atoms with E-state index in [1.165, 1.54) is 0 Å². The van der Waals surface area contributed by atoms with E-state index in [4.69, 9.17) is 14.2 Å². The van der Waals surface area contributed by atoms with E-state index in [0.29, 0.717) is 30.1 Å². The number of hydrogen-bond donors (Lipinski definition) is 0. The van der Waals surface area contributed by atoms with E-state index in [9.17, 15) is 4.79 Å². The van der Waals surface area contributed by atoms with E-state index in [2.05, 4.69) is 0 Å². The molecule has 0 saturated carbocycles. The van der Waals surface area contributed by atoms with Gasteiger partial charge in [-0.05, 0) is 37.1 Å². The highest BCUT2D eigenvalue weighted by Gasteiger charge is 2.09. The molecule has 0 amide bonds. The molecule has 4 heteroatoms. The zero-order chi connectivity index (χ0) is 16.5. The van der Waals surface area contributed by atoms with Crippen molar-refractivity contribution >= 4 is 5.78 Å². The van der Waals surface area contributed by atoms with Crippen molar-refractivity contribution in [3.05, 3.63) is 54.1 Å². The van der Waals surface area contributed by atoms with Gasteiger partial charge in [-0.2, -0.15) is 0 Å². The molecule has 0 aliphatic heterocycles. The summed E-state index contributed by atoms with van der Waals surface area (Å²) in [6.07, 6.45) is 2.10. The highest BCUT2D eigenvalue weighted by molar-refractivity contribution is 5.96. The Morgan fingerprint density at radius 3 is 2.13 bits per heavy atom. The Kier molecular flexibility index (Phi) is 6.48. The van der Waals surface area contributed by atoms with Crippen molar-refractivity contribution in [3.8, 4) is 17.2 Å². The fourth-order valence-electron chi connectivity index (χ4n) is 2.21. The molecule has 2 aromatic carbocycles. The lowest BCUT2D eigenvalue weighted by Crippen LogP contribution is -2.03. The lowest BCUT2D eigenvalue weighted by Gasteiger charge is -2.08. The molecule has 0 heterocycles. The molecule has 0 aromatic heterocycles. The molecule has 23 heavy (non-hydrogen) atoms. The summed E-state index contributed by atoms with van der Waals surface area (Å²) in [5, 5.41) is 0. The number of carbonyl (C=O) groups excluding carboxylic acids is 1. The quantitative estimate of drug-likeness (QED) is 0.515. The average Bonchev–Trinajstić information content (AvgIpc) is 2.61. The van der Waals surface area contributed by atoms with E-state index in [1.54, 1.807) is 32.4 Å². The van der Waals surface area contributed by atoms with Crippen LogP contribution in [0.3, 0.4) is 0 Å². The number of ketones is 1. The van der Waals surface area contributed by atoms with Crippen molar-refractivity contribution < 1.29 is 19.0 Å². The molecule has 0 saturated heterocycles. The van der Waals surface area contributed by atoms with E-state index in [-0.39, 0.29) is 5.78 Å². The fourth-order valence-corrected chi connectivity index (χ4v) is 2.21. The molecule has 122 valence electrons. The van der Waals surface area contributed by atoms with Crippen LogP contribution in [-0.2, 0) is 0 Å². The lowest BCUT2D eigenvalue weighted by molar-refractivity contribution is 0.0977. The van der Waals surface area contributed by atoms with Crippen LogP contribution >= 0.6 is 0 Å². The summed E-state index contributed by atoms with van der Waals surface area (Å²) in [6, 6.07) is 14.9. The number of methoxy groups -OCH3 is 2. The number of para-hydroxylation sites is 1. The van der Waals surface area contributed by atoms with Crippen molar-refractivity contribution in [2.24, 2.45) is 0 Å². The molecule has 2 aromatic rings. The van der Waals surface area contributed by atoms with E-state index in [1.807, 2.05) is 30.3 Å². The Morgan fingerprint density at radius 1 is 0.870 bits per heavy atom. The highest BCUT2D eigenvalue weighted by Crippen LogP contribution is 2.23. The number of Topliss-reactive ketones (excluding diaryl/α,β-unsaturated/α-hetero) is 1. The Hall–Kier alpha value is -2.49. The number of unbranched alkanes of at least 4 members (excludes halogenated alkanes) is 1. The predicted molar refractivity (Wildman–Crippen MR) is 89.7 cm³/mol. The summed E-state index contributed by atoms with van der Waals surface area (Å²) in [6.45, 7) is 0.610. The van der Waals surface area contributed by atoms with Crippen LogP contribution in [0.1, 0.15) is 29.6 Å². The van der Waals surface area contributed by atoms with Crippen molar-refractivity contribution in [1.82, 2.24) is 0 Å². The van der Waals surface area contributed by atoms with Crippen LogP contribution in [0.4, 0.5) is 0 Å². The molecule has 0 fully saturated rings. The second-order valence-electron chi connectivity index (χ2n) is 5.14. The third-order valence-corrected chi connectivity index (χ3v) is 3.48. The van der Waals surface area contributed by atoms with E-state index in [0.717, 1.165) is 18.6 Å². The normalized spacial score (nSPS) is 10.2. The Morgan fingerprint density at radius 2 is 1.52 bits per heavy atom. The Bertz CT molecular complexity index is 600. The molecule has 0 aliphatic carbocycles. The van der Waals surface area contributed by atoms with Gasteiger partial charge in [0.15, 0.2) is 5.78 Å². The average molecular weight is 314 g/mol. The SMILES string of the molecule is COc1cc(OC)cc(C(=O)CCCCOc2ccccc2)c1. The van der Waals surface area contributed by atoms with Gasteiger partial charge >= 0.3 is 0 Å². The van der Waals surface area contributed by atoms with Gasteiger partial charge in [-0.3, -0.25) is 4.79 Å². The standard InChI is InChI=1S/C19H22O4/c1-21-17-12-15(13-18(14-17)22-2)19(20)10-6-7-11-23-16-8-4-3-5-9-16/h3-5,8-9,12-14H,6-7,10-11H2,1-2H3. The topological polar surface area (TPSA) is 44.8 Å². The second kappa shape index (κ2) is 8.83. The van der Waals surface area contributed by atoms with Gasteiger partial charge in [-0.25, -0.2) is 0 Å². The van der Waals surface area contributed by atoms with Crippen LogP contribution in [0.2, 0.25) is 0 Å². The van der Waals surface area contributed by atoms with Crippen LogP contribution in [0, 0.1) is 0 Å². The summed E-state index contributed by atoms with van der Waals surface area (Å²) in [5.41, 5.74) is 0.616. The first-order chi connectivity index (χ1) is 11.2. The van der Waals surface area contributed by atoms with Gasteiger partial charge in [-0.1, -0.05) is 18.2 Å². The minimum atomic E-state index is 0.0851. The van der Waals surface area contributed by atoms with Crippen molar-refractivity contribution in [3.63, 3.8) is 0 Å². The molecule has 0 N–H and O–H groups in total. The zero-order valence-electron chi connectivity index (χ0n) is 13.6. The molecule has 0 atom stereocenters. The van der Waals surface area contributed by atoms with Crippen molar-refractivity contribution in [1.29, 1.82) is 0 Å². The first-order valence-electron chi connectivity index (χ1n) is 7.67. The second-order valence-corrected chi connectivity index (χ2v) is 5.14. The largest absolute Gasteiger partial charge is 0.497 e. The Balaban J connectivity index is 1.78. The number of rotatable bonds is 9. The zero-order valence-corrected chi connectivity index (χ0v) is 13.6. The van der Waals surface area contributed by atoms with Gasteiger partial charge in [0, 0.05) is 18.1 Å². The highest BCUT2D eigenvalue weighted by atomic mass is 16.5. The summed E-state index contributed by atoms with van der Waals surface area (Å²) in [5.74, 6) is 2.19. The molecule has 0 radical (unpaired) electrons. The first-order valence-corrected chi connectivity index (χ1v) is 7.67. The minimum Gasteiger partial charge on any atom is -0.497 e. The molecule has 0 unspecified atom stereocenters. The number of hydrogen-bond acceptors (Lipinski definition) is 4. The van der Waals surface area contributed by atoms with Gasteiger partial charge in [0.25, 0.3) is 0 Å². The summed E-state index contributed by atoms with van der Waals surface area (Å²) < 4.78 is 16.0. The van der Waals surface area contributed by atoms with Crippen LogP contribution < -0.4 is 14.2 Å². The van der Waals surface area contributed by atoms with E-state index >= 15 is 0 Å². The minimum absolute atomic E-state index is 0.0851. The number of ether oxygens (including phenoxy) is 3. The van der Waals surface area contributed by atoms with Crippen LogP contribution in [0.5, 0.6) is 17.2 Å². The van der Waals surface area contributed by atoms with Gasteiger partial charge in [0.05, 0.1) is 20.8 Å². The maximum absolute atomic E-state index is 12.3. The first kappa shape index (κ1) is 16.9. The summed E-state index contributed by atoms with van der Waals surface area (Å²) >= 11 is 0. The third-order valence-electron chi connectivity index (χ3n) is 3.48. The van der Waals surface area contributed by atoms with Crippen molar-refractivity contribution in [2.75, 3.05) is 20.8 Å². The molecule has 0 bridgehead atoms. The molecular weight excluding hydrogens is 292 g/mol. The van der Waals surface area contributed by atoms with Crippen LogP contribution in [0.25, 0.3) is 0 Å². The van der Waals surface area contributed by atoms with Gasteiger partial charge in [0.1, 0.15) is 17.2 Å². The third kappa shape index (κ3) is 5.33. The summed E-state index contributed by atoms with van der Waals surface area (Å²) in [7, 11) is 3.15. The maximum atomic E-state index is 12.3. The van der Waals surface area contributed by atoms with Gasteiger partial charge < -0.3 is 14.2 Å². The number of carbonyl (C=O) groups is 1. The Labute approximate surface area is 137 Å². The lowest BCUT2D eigenvalue weighted by atomic mass is 10.0. The van der Waals surface area contributed by atoms with Gasteiger partial charge in [-0.15, -0.1) is 0 Å². The summed E-state index contributed by atoms with van der Waals surface area (Å²) in [4.78, 5) is 12.3. The number of benzene rings is 2. The molecular formula is C19H22O4. The molecule has 2 rings (SSSR count). The predicted octanol–water partition coefficient (Wildman–Crippen LogP) is 4.14.